The largest absolute Gasteiger partial charge is 0.383 e. The minimum Gasteiger partial charge on any atom is -0.383 e. The van der Waals surface area contributed by atoms with Crippen LogP contribution in [0, 0.1) is 0 Å². The van der Waals surface area contributed by atoms with Gasteiger partial charge < -0.3 is 20.7 Å². The number of carbonyl (C=O) groups is 2. The Hall–Kier alpha value is -1.14. The first-order chi connectivity index (χ1) is 7.11. The lowest BCUT2D eigenvalue weighted by atomic mass is 10.3. The summed E-state index contributed by atoms with van der Waals surface area (Å²) >= 11 is 0. The fourth-order valence-corrected chi connectivity index (χ4v) is 0.951. The first kappa shape index (κ1) is 13.9. The molecule has 3 N–H and O–H groups in total. The molecule has 15 heavy (non-hydrogen) atoms. The van der Waals surface area contributed by atoms with E-state index in [0.717, 1.165) is 0 Å². The zero-order valence-electron chi connectivity index (χ0n) is 9.42. The molecular weight excluding hydrogens is 198 g/mol. The van der Waals surface area contributed by atoms with Gasteiger partial charge in [-0.15, -0.1) is 0 Å². The van der Waals surface area contributed by atoms with Crippen LogP contribution in [-0.2, 0) is 14.3 Å². The molecule has 6 nitrogen and oxygen atoms in total. The summed E-state index contributed by atoms with van der Waals surface area (Å²) < 4.78 is 4.80. The van der Waals surface area contributed by atoms with Crippen molar-refractivity contribution in [2.24, 2.45) is 0 Å². The minimum atomic E-state index is -0.508. The molecule has 0 aromatic rings. The number of amides is 2. The lowest BCUT2D eigenvalue weighted by molar-refractivity contribution is -0.127. The number of nitrogens with one attached hydrogen (secondary N) is 3. The van der Waals surface area contributed by atoms with Crippen LogP contribution < -0.4 is 16.0 Å². The van der Waals surface area contributed by atoms with Gasteiger partial charge in [-0.25, -0.2) is 0 Å². The Balaban J connectivity index is 3.60. The third kappa shape index (κ3) is 6.87. The van der Waals surface area contributed by atoms with Crippen LogP contribution in [0.3, 0.4) is 0 Å². The number of hydrogen-bond acceptors (Lipinski definition) is 4. The predicted octanol–water partition coefficient (Wildman–Crippen LogP) is -1.53. The van der Waals surface area contributed by atoms with Gasteiger partial charge >= 0.3 is 0 Å². The maximum Gasteiger partial charge on any atom is 0.242 e. The van der Waals surface area contributed by atoms with Gasteiger partial charge in [-0.3, -0.25) is 9.59 Å². The quantitative estimate of drug-likeness (QED) is 0.452. The van der Waals surface area contributed by atoms with E-state index in [4.69, 9.17) is 4.74 Å². The number of likely N-dealkylation sites (N-methyl/N-ethyl adjacent to an activating group) is 1. The summed E-state index contributed by atoms with van der Waals surface area (Å²) in [6.45, 7) is 2.98. The molecule has 0 rings (SSSR count). The van der Waals surface area contributed by atoms with E-state index in [1.165, 1.54) is 7.05 Å². The third-order valence-corrected chi connectivity index (χ3v) is 1.79. The van der Waals surface area contributed by atoms with E-state index in [1.807, 2.05) is 0 Å². The number of rotatable bonds is 7. The Bertz CT molecular complexity index is 209. The smallest absolute Gasteiger partial charge is 0.242 e. The molecule has 2 amide bonds. The number of carbonyl (C=O) groups excluding carboxylic acids is 2. The molecule has 1 unspecified atom stereocenters. The number of methoxy groups -OCH3 is 1. The van der Waals surface area contributed by atoms with E-state index < -0.39 is 6.04 Å². The molecule has 0 fully saturated rings. The Morgan fingerprint density at radius 1 is 1.40 bits per heavy atom. The van der Waals surface area contributed by atoms with Crippen LogP contribution >= 0.6 is 0 Å². The second-order valence-corrected chi connectivity index (χ2v) is 3.07. The first-order valence-electron chi connectivity index (χ1n) is 4.82. The average Bonchev–Trinajstić information content (AvgIpc) is 2.23. The van der Waals surface area contributed by atoms with Gasteiger partial charge in [0.25, 0.3) is 0 Å². The molecule has 88 valence electrons. The highest BCUT2D eigenvalue weighted by Crippen LogP contribution is 1.80. The lowest BCUT2D eigenvalue weighted by Gasteiger charge is -2.12. The van der Waals surface area contributed by atoms with E-state index in [0.29, 0.717) is 13.2 Å². The summed E-state index contributed by atoms with van der Waals surface area (Å²) in [7, 11) is 3.12. The van der Waals surface area contributed by atoms with Gasteiger partial charge in [0.05, 0.1) is 13.2 Å². The van der Waals surface area contributed by atoms with Crippen molar-refractivity contribution in [1.82, 2.24) is 16.0 Å². The summed E-state index contributed by atoms with van der Waals surface area (Å²) in [5, 5.41) is 7.89. The Kier molecular flexibility index (Phi) is 7.57. The van der Waals surface area contributed by atoms with E-state index in [9.17, 15) is 9.59 Å². The zero-order valence-corrected chi connectivity index (χ0v) is 9.42. The summed E-state index contributed by atoms with van der Waals surface area (Å²) in [6.07, 6.45) is 0. The van der Waals surface area contributed by atoms with Crippen LogP contribution in [0.1, 0.15) is 6.92 Å². The van der Waals surface area contributed by atoms with Gasteiger partial charge in [0.15, 0.2) is 0 Å². The summed E-state index contributed by atoms with van der Waals surface area (Å²) in [4.78, 5) is 22.3. The molecule has 0 saturated carbocycles. The highest BCUT2D eigenvalue weighted by atomic mass is 16.5. The van der Waals surface area contributed by atoms with Crippen LogP contribution in [0.4, 0.5) is 0 Å². The standard InChI is InChI=1S/C9H19N3O3/c1-7(9(14)10-2)12-8(13)6-11-4-5-15-3/h7,11H,4-6H2,1-3H3,(H,10,14)(H,12,13). The van der Waals surface area contributed by atoms with Gasteiger partial charge in [-0.05, 0) is 6.92 Å². The van der Waals surface area contributed by atoms with Crippen LogP contribution in [0.5, 0.6) is 0 Å². The average molecular weight is 217 g/mol. The molecule has 6 heteroatoms. The summed E-state index contributed by atoms with van der Waals surface area (Å²) in [5.74, 6) is -0.414. The Morgan fingerprint density at radius 3 is 2.60 bits per heavy atom. The van der Waals surface area contributed by atoms with Crippen LogP contribution in [-0.4, -0.2) is 51.7 Å². The topological polar surface area (TPSA) is 79.5 Å². The van der Waals surface area contributed by atoms with Crippen molar-refractivity contribution < 1.29 is 14.3 Å². The molecule has 0 aliphatic rings. The molecule has 0 aromatic heterocycles. The fraction of sp³-hybridized carbons (Fsp3) is 0.778. The highest BCUT2D eigenvalue weighted by Gasteiger charge is 2.12. The summed E-state index contributed by atoms with van der Waals surface area (Å²) in [6, 6.07) is -0.508. The van der Waals surface area contributed by atoms with Crippen LogP contribution in [0.15, 0.2) is 0 Å². The van der Waals surface area contributed by atoms with E-state index >= 15 is 0 Å². The van der Waals surface area contributed by atoms with E-state index in [2.05, 4.69) is 16.0 Å². The number of ether oxygens (including phenoxy) is 1. The number of hydrogen-bond donors (Lipinski definition) is 3. The third-order valence-electron chi connectivity index (χ3n) is 1.79. The molecule has 0 spiro atoms. The van der Waals surface area contributed by atoms with Gasteiger partial charge in [0.2, 0.25) is 11.8 Å². The highest BCUT2D eigenvalue weighted by molar-refractivity contribution is 5.87. The molecule has 1 atom stereocenters. The van der Waals surface area contributed by atoms with Crippen LogP contribution in [0.2, 0.25) is 0 Å². The predicted molar refractivity (Wildman–Crippen MR) is 56.4 cm³/mol. The van der Waals surface area contributed by atoms with Gasteiger partial charge in [-0.1, -0.05) is 0 Å². The van der Waals surface area contributed by atoms with Crippen molar-refractivity contribution in [3.63, 3.8) is 0 Å². The molecule has 0 aromatic carbocycles. The summed E-state index contributed by atoms with van der Waals surface area (Å²) in [5.41, 5.74) is 0. The minimum absolute atomic E-state index is 0.185. The molecule has 0 aliphatic heterocycles. The van der Waals surface area contributed by atoms with Crippen molar-refractivity contribution in [2.45, 2.75) is 13.0 Å². The second kappa shape index (κ2) is 8.19. The molecule has 0 radical (unpaired) electrons. The molecule has 0 aliphatic carbocycles. The first-order valence-corrected chi connectivity index (χ1v) is 4.82. The van der Waals surface area contributed by atoms with Crippen molar-refractivity contribution in [2.75, 3.05) is 33.9 Å². The molecule has 0 heterocycles. The van der Waals surface area contributed by atoms with Crippen LogP contribution in [0.25, 0.3) is 0 Å². The Morgan fingerprint density at radius 2 is 2.07 bits per heavy atom. The van der Waals surface area contributed by atoms with Crippen molar-refractivity contribution in [3.05, 3.63) is 0 Å². The van der Waals surface area contributed by atoms with Crippen molar-refractivity contribution in [1.29, 1.82) is 0 Å². The normalized spacial score (nSPS) is 11.9. The Labute approximate surface area is 89.7 Å². The van der Waals surface area contributed by atoms with E-state index in [1.54, 1.807) is 14.0 Å². The SMILES string of the molecule is CNC(=O)C(C)NC(=O)CNCCOC. The van der Waals surface area contributed by atoms with E-state index in [-0.39, 0.29) is 18.4 Å². The lowest BCUT2D eigenvalue weighted by Crippen LogP contribution is -2.46. The van der Waals surface area contributed by atoms with Gasteiger partial charge in [-0.2, -0.15) is 0 Å². The molecule has 0 saturated heterocycles. The maximum atomic E-state index is 11.2. The molecular formula is C9H19N3O3. The van der Waals surface area contributed by atoms with Crippen molar-refractivity contribution in [3.8, 4) is 0 Å². The molecule has 0 bridgehead atoms. The fourth-order valence-electron chi connectivity index (χ4n) is 0.951. The zero-order chi connectivity index (χ0) is 11.7. The van der Waals surface area contributed by atoms with Gasteiger partial charge in [0, 0.05) is 20.7 Å². The van der Waals surface area contributed by atoms with Crippen molar-refractivity contribution >= 4 is 11.8 Å². The maximum absolute atomic E-state index is 11.2. The van der Waals surface area contributed by atoms with Gasteiger partial charge in [0.1, 0.15) is 6.04 Å². The monoisotopic (exact) mass is 217 g/mol. The second-order valence-electron chi connectivity index (χ2n) is 3.07.